The molecular formula is C31H37Cl2N3O7S. The van der Waals surface area contributed by atoms with Crippen LogP contribution < -0.4 is 23.8 Å². The highest BCUT2D eigenvalue weighted by Crippen LogP contribution is 2.33. The van der Waals surface area contributed by atoms with E-state index < -0.39 is 28.5 Å². The van der Waals surface area contributed by atoms with Crippen molar-refractivity contribution in [1.82, 2.24) is 10.2 Å². The van der Waals surface area contributed by atoms with Gasteiger partial charge in [-0.2, -0.15) is 0 Å². The van der Waals surface area contributed by atoms with Crippen LogP contribution in [0.2, 0.25) is 10.0 Å². The lowest BCUT2D eigenvalue weighted by Gasteiger charge is -2.32. The van der Waals surface area contributed by atoms with Crippen molar-refractivity contribution in [3.63, 3.8) is 0 Å². The zero-order valence-corrected chi connectivity index (χ0v) is 27.6. The van der Waals surface area contributed by atoms with E-state index in [1.807, 2.05) is 13.8 Å². The first-order valence-electron chi connectivity index (χ1n) is 13.9. The monoisotopic (exact) mass is 665 g/mol. The molecule has 44 heavy (non-hydrogen) atoms. The number of sulfonamides is 1. The highest BCUT2D eigenvalue weighted by atomic mass is 35.5. The van der Waals surface area contributed by atoms with Crippen molar-refractivity contribution in [1.29, 1.82) is 0 Å². The van der Waals surface area contributed by atoms with Crippen molar-refractivity contribution in [3.8, 4) is 17.2 Å². The number of ether oxygens (including phenoxy) is 3. The maximum atomic E-state index is 14.2. The second kappa shape index (κ2) is 15.9. The van der Waals surface area contributed by atoms with Gasteiger partial charge in [0.25, 0.3) is 10.0 Å². The molecule has 13 heteroatoms. The van der Waals surface area contributed by atoms with Crippen molar-refractivity contribution in [2.75, 3.05) is 38.2 Å². The summed E-state index contributed by atoms with van der Waals surface area (Å²) in [6.45, 7) is 5.47. The van der Waals surface area contributed by atoms with E-state index in [0.717, 1.165) is 4.31 Å². The summed E-state index contributed by atoms with van der Waals surface area (Å²) < 4.78 is 45.5. The second-order valence-corrected chi connectivity index (χ2v) is 12.4. The van der Waals surface area contributed by atoms with Gasteiger partial charge in [0, 0.05) is 29.2 Å². The lowest BCUT2D eigenvalue weighted by atomic mass is 10.1. The van der Waals surface area contributed by atoms with Crippen molar-refractivity contribution in [2.45, 2.75) is 44.7 Å². The van der Waals surface area contributed by atoms with Gasteiger partial charge in [0.05, 0.1) is 31.4 Å². The first kappa shape index (κ1) is 34.8. The van der Waals surface area contributed by atoms with Crippen LogP contribution in [0.25, 0.3) is 0 Å². The Bertz CT molecular complexity index is 1550. The van der Waals surface area contributed by atoms with Gasteiger partial charge in [-0.3, -0.25) is 13.9 Å². The molecule has 0 bridgehead atoms. The van der Waals surface area contributed by atoms with E-state index in [4.69, 9.17) is 37.4 Å². The van der Waals surface area contributed by atoms with Crippen LogP contribution in [0.4, 0.5) is 5.69 Å². The summed E-state index contributed by atoms with van der Waals surface area (Å²) in [5, 5.41) is 3.52. The summed E-state index contributed by atoms with van der Waals surface area (Å²) in [6, 6.07) is 14.4. The van der Waals surface area contributed by atoms with Crippen LogP contribution in [-0.2, 0) is 26.2 Å². The third kappa shape index (κ3) is 8.49. The predicted molar refractivity (Wildman–Crippen MR) is 171 cm³/mol. The van der Waals surface area contributed by atoms with E-state index >= 15 is 0 Å². The number of benzene rings is 3. The summed E-state index contributed by atoms with van der Waals surface area (Å²) in [5.74, 6) is 0.0554. The maximum absolute atomic E-state index is 14.2. The van der Waals surface area contributed by atoms with Crippen LogP contribution in [0, 0.1) is 0 Å². The van der Waals surface area contributed by atoms with Crippen LogP contribution >= 0.6 is 23.2 Å². The smallest absolute Gasteiger partial charge is 0.264 e. The number of halogens is 2. The number of rotatable bonds is 15. The average Bonchev–Trinajstić information content (AvgIpc) is 3.01. The van der Waals surface area contributed by atoms with Gasteiger partial charge in [0.15, 0.2) is 11.5 Å². The van der Waals surface area contributed by atoms with Gasteiger partial charge in [-0.25, -0.2) is 8.42 Å². The molecule has 238 valence electrons. The Morgan fingerprint density at radius 1 is 0.932 bits per heavy atom. The average molecular weight is 667 g/mol. The Kier molecular flexibility index (Phi) is 12.6. The maximum Gasteiger partial charge on any atom is 0.264 e. The second-order valence-electron chi connectivity index (χ2n) is 9.68. The van der Waals surface area contributed by atoms with Crippen molar-refractivity contribution < 1.29 is 32.2 Å². The van der Waals surface area contributed by atoms with E-state index in [1.54, 1.807) is 43.3 Å². The van der Waals surface area contributed by atoms with Gasteiger partial charge in [-0.15, -0.1) is 0 Å². The van der Waals surface area contributed by atoms with E-state index in [1.165, 1.54) is 43.4 Å². The predicted octanol–water partition coefficient (Wildman–Crippen LogP) is 5.55. The molecule has 0 spiro atoms. The fourth-order valence-electron chi connectivity index (χ4n) is 4.32. The summed E-state index contributed by atoms with van der Waals surface area (Å²) in [4.78, 5) is 28.3. The Labute approximate surface area is 268 Å². The number of nitrogens with one attached hydrogen (secondary N) is 1. The van der Waals surface area contributed by atoms with Gasteiger partial charge in [0.2, 0.25) is 11.8 Å². The van der Waals surface area contributed by atoms with Crippen LogP contribution in [0.15, 0.2) is 65.6 Å². The van der Waals surface area contributed by atoms with Crippen LogP contribution in [0.1, 0.15) is 32.8 Å². The summed E-state index contributed by atoms with van der Waals surface area (Å²) in [5.41, 5.74) is 0.749. The quantitative estimate of drug-likeness (QED) is 0.226. The number of hydrogen-bond acceptors (Lipinski definition) is 7. The Morgan fingerprint density at radius 2 is 1.61 bits per heavy atom. The molecule has 0 saturated carbocycles. The fourth-order valence-corrected chi connectivity index (χ4v) is 6.22. The molecule has 0 radical (unpaired) electrons. The molecule has 0 aliphatic carbocycles. The van der Waals surface area contributed by atoms with Crippen molar-refractivity contribution in [3.05, 3.63) is 76.3 Å². The number of carbonyl (C=O) groups is 2. The van der Waals surface area contributed by atoms with E-state index in [-0.39, 0.29) is 28.8 Å². The Morgan fingerprint density at radius 3 is 2.20 bits per heavy atom. The van der Waals surface area contributed by atoms with Crippen LogP contribution in [0.5, 0.6) is 17.2 Å². The molecule has 10 nitrogen and oxygen atoms in total. The van der Waals surface area contributed by atoms with Gasteiger partial charge < -0.3 is 24.4 Å². The lowest BCUT2D eigenvalue weighted by Crippen LogP contribution is -2.51. The minimum Gasteiger partial charge on any atom is -0.494 e. The first-order valence-corrected chi connectivity index (χ1v) is 16.1. The molecule has 2 amide bonds. The van der Waals surface area contributed by atoms with Crippen molar-refractivity contribution >= 4 is 50.7 Å². The highest BCUT2D eigenvalue weighted by molar-refractivity contribution is 7.92. The molecule has 1 unspecified atom stereocenters. The zero-order chi connectivity index (χ0) is 32.4. The SMILES string of the molecule is CCCNC(=O)C(C)N(Cc1ccc(Cl)cc1Cl)C(=O)CN(c1ccc(OCC)cc1)S(=O)(=O)c1ccc(OC)c(OC)c1. The summed E-state index contributed by atoms with van der Waals surface area (Å²) in [7, 11) is -1.51. The Balaban J connectivity index is 2.09. The molecule has 3 aromatic carbocycles. The molecule has 1 atom stereocenters. The molecule has 0 aliphatic rings. The molecule has 0 heterocycles. The minimum atomic E-state index is -4.35. The number of hydrogen-bond donors (Lipinski definition) is 1. The number of carbonyl (C=O) groups excluding carboxylic acids is 2. The number of nitrogens with zero attached hydrogens (tertiary/aromatic N) is 2. The van der Waals surface area contributed by atoms with Gasteiger partial charge in [-0.1, -0.05) is 36.2 Å². The molecule has 3 aromatic rings. The molecule has 0 aromatic heterocycles. The molecule has 0 fully saturated rings. The number of methoxy groups -OCH3 is 2. The van der Waals surface area contributed by atoms with Gasteiger partial charge >= 0.3 is 0 Å². The standard InChI is InChI=1S/C31H37Cl2N3O7S/c1-6-16-34-31(38)21(3)35(19-22-8-9-23(32)17-27(22)33)30(37)20-36(24-10-12-25(13-11-24)43-7-2)44(39,40)26-14-15-28(41-4)29(18-26)42-5/h8-15,17-18,21H,6-7,16,19-20H2,1-5H3,(H,34,38). The Hall–Kier alpha value is -3.67. The van der Waals surface area contributed by atoms with Crippen molar-refractivity contribution in [2.24, 2.45) is 0 Å². The highest BCUT2D eigenvalue weighted by Gasteiger charge is 2.33. The summed E-state index contributed by atoms with van der Waals surface area (Å²) >= 11 is 12.5. The normalized spacial score (nSPS) is 11.8. The molecule has 1 N–H and O–H groups in total. The molecular weight excluding hydrogens is 629 g/mol. The fraction of sp³-hybridized carbons (Fsp3) is 0.355. The molecule has 3 rings (SSSR count). The van der Waals surface area contributed by atoms with Crippen LogP contribution in [-0.4, -0.2) is 65.1 Å². The zero-order valence-electron chi connectivity index (χ0n) is 25.3. The number of anilines is 1. The third-order valence-corrected chi connectivity index (χ3v) is 9.09. The number of amides is 2. The summed E-state index contributed by atoms with van der Waals surface area (Å²) in [6.07, 6.45) is 0.699. The van der Waals surface area contributed by atoms with E-state index in [9.17, 15) is 18.0 Å². The lowest BCUT2D eigenvalue weighted by molar-refractivity contribution is -0.139. The molecule has 0 saturated heterocycles. The largest absolute Gasteiger partial charge is 0.494 e. The van der Waals surface area contributed by atoms with Gasteiger partial charge in [0.1, 0.15) is 18.3 Å². The van der Waals surface area contributed by atoms with Gasteiger partial charge in [-0.05, 0) is 74.4 Å². The third-order valence-electron chi connectivity index (χ3n) is 6.73. The molecule has 0 aliphatic heterocycles. The van der Waals surface area contributed by atoms with Crippen LogP contribution in [0.3, 0.4) is 0 Å². The topological polar surface area (TPSA) is 114 Å². The minimum absolute atomic E-state index is 0.0664. The first-order chi connectivity index (χ1) is 21.0. The van der Waals surface area contributed by atoms with E-state index in [2.05, 4.69) is 5.32 Å². The van der Waals surface area contributed by atoms with E-state index in [0.29, 0.717) is 46.7 Å².